The SMILES string of the molecule is C=C(NC)C1CCC(CN(C)C(C)C)N1.CC. The summed E-state index contributed by atoms with van der Waals surface area (Å²) in [5.41, 5.74) is 1.12. The molecule has 3 nitrogen and oxygen atoms in total. The van der Waals surface area contributed by atoms with Crippen LogP contribution in [0.15, 0.2) is 12.3 Å². The summed E-state index contributed by atoms with van der Waals surface area (Å²) in [7, 11) is 4.13. The Morgan fingerprint density at radius 3 is 2.47 bits per heavy atom. The number of likely N-dealkylation sites (N-methyl/N-ethyl adjacent to an activating group) is 2. The fraction of sp³-hybridized carbons (Fsp3) is 0.857. The molecular weight excluding hydrogens is 210 g/mol. The minimum atomic E-state index is 0.459. The van der Waals surface area contributed by atoms with E-state index in [1.807, 2.05) is 20.9 Å². The van der Waals surface area contributed by atoms with E-state index >= 15 is 0 Å². The van der Waals surface area contributed by atoms with Gasteiger partial charge in [-0.05, 0) is 33.7 Å². The Kier molecular flexibility index (Phi) is 8.26. The molecule has 2 atom stereocenters. The number of nitrogens with one attached hydrogen (secondary N) is 2. The molecule has 0 radical (unpaired) electrons. The van der Waals surface area contributed by atoms with E-state index in [0.717, 1.165) is 12.2 Å². The van der Waals surface area contributed by atoms with Gasteiger partial charge in [-0.15, -0.1) is 0 Å². The predicted octanol–water partition coefficient (Wildman–Crippen LogP) is 2.21. The zero-order chi connectivity index (χ0) is 13.4. The van der Waals surface area contributed by atoms with Crippen LogP contribution in [-0.4, -0.2) is 43.7 Å². The lowest BCUT2D eigenvalue weighted by Crippen LogP contribution is -2.42. The molecule has 3 heteroatoms. The van der Waals surface area contributed by atoms with Crippen molar-refractivity contribution in [2.45, 2.75) is 58.7 Å². The summed E-state index contributed by atoms with van der Waals surface area (Å²) >= 11 is 0. The first-order valence-corrected chi connectivity index (χ1v) is 6.87. The van der Waals surface area contributed by atoms with Crippen LogP contribution in [0.3, 0.4) is 0 Å². The number of nitrogens with zero attached hydrogens (tertiary/aromatic N) is 1. The quantitative estimate of drug-likeness (QED) is 0.773. The van der Waals surface area contributed by atoms with Crippen LogP contribution in [0, 0.1) is 0 Å². The topological polar surface area (TPSA) is 27.3 Å². The third-order valence-electron chi connectivity index (χ3n) is 3.37. The van der Waals surface area contributed by atoms with Crippen LogP contribution in [0.25, 0.3) is 0 Å². The lowest BCUT2D eigenvalue weighted by atomic mass is 10.1. The third-order valence-corrected chi connectivity index (χ3v) is 3.37. The molecule has 2 unspecified atom stereocenters. The van der Waals surface area contributed by atoms with E-state index in [4.69, 9.17) is 0 Å². The molecule has 1 saturated heterocycles. The summed E-state index contributed by atoms with van der Waals surface area (Å²) in [6, 6.07) is 1.70. The summed E-state index contributed by atoms with van der Waals surface area (Å²) in [5.74, 6) is 0. The van der Waals surface area contributed by atoms with Gasteiger partial charge in [0.2, 0.25) is 0 Å². The monoisotopic (exact) mass is 241 g/mol. The molecule has 0 saturated carbocycles. The van der Waals surface area contributed by atoms with Crippen molar-refractivity contribution in [1.29, 1.82) is 0 Å². The van der Waals surface area contributed by atoms with Gasteiger partial charge >= 0.3 is 0 Å². The van der Waals surface area contributed by atoms with Crippen molar-refractivity contribution < 1.29 is 0 Å². The molecule has 102 valence electrons. The minimum Gasteiger partial charge on any atom is -0.391 e. The van der Waals surface area contributed by atoms with Crippen LogP contribution >= 0.6 is 0 Å². The predicted molar refractivity (Wildman–Crippen MR) is 77.3 cm³/mol. The Hall–Kier alpha value is -0.540. The zero-order valence-electron chi connectivity index (χ0n) is 12.5. The fourth-order valence-corrected chi connectivity index (χ4v) is 1.97. The summed E-state index contributed by atoms with van der Waals surface area (Å²) in [4.78, 5) is 2.39. The van der Waals surface area contributed by atoms with Gasteiger partial charge in [-0.3, -0.25) is 0 Å². The maximum absolute atomic E-state index is 4.02. The van der Waals surface area contributed by atoms with Crippen molar-refractivity contribution in [1.82, 2.24) is 15.5 Å². The summed E-state index contributed by atoms with van der Waals surface area (Å²) in [5, 5.41) is 6.76. The highest BCUT2D eigenvalue weighted by Crippen LogP contribution is 2.17. The highest BCUT2D eigenvalue weighted by atomic mass is 15.2. The first-order chi connectivity index (χ1) is 8.04. The van der Waals surface area contributed by atoms with E-state index in [1.165, 1.54) is 12.8 Å². The van der Waals surface area contributed by atoms with Crippen LogP contribution in [0.1, 0.15) is 40.5 Å². The van der Waals surface area contributed by atoms with Crippen molar-refractivity contribution in [2.75, 3.05) is 20.6 Å². The second kappa shape index (κ2) is 8.54. The zero-order valence-corrected chi connectivity index (χ0v) is 12.5. The molecule has 0 spiro atoms. The van der Waals surface area contributed by atoms with Crippen molar-refractivity contribution >= 4 is 0 Å². The van der Waals surface area contributed by atoms with Crippen molar-refractivity contribution in [3.05, 3.63) is 12.3 Å². The summed E-state index contributed by atoms with van der Waals surface area (Å²) < 4.78 is 0. The Balaban J connectivity index is 0.00000121. The molecule has 1 heterocycles. The van der Waals surface area contributed by atoms with Crippen LogP contribution in [0.5, 0.6) is 0 Å². The number of hydrogen-bond donors (Lipinski definition) is 2. The van der Waals surface area contributed by atoms with Gasteiger partial charge in [-0.25, -0.2) is 0 Å². The molecule has 0 amide bonds. The average Bonchev–Trinajstić information content (AvgIpc) is 2.79. The van der Waals surface area contributed by atoms with E-state index in [-0.39, 0.29) is 0 Å². The molecular formula is C14H31N3. The molecule has 1 aliphatic heterocycles. The van der Waals surface area contributed by atoms with E-state index in [9.17, 15) is 0 Å². The van der Waals surface area contributed by atoms with Gasteiger partial charge in [-0.2, -0.15) is 0 Å². The molecule has 1 aliphatic rings. The molecule has 1 fully saturated rings. The first-order valence-electron chi connectivity index (χ1n) is 6.87. The van der Waals surface area contributed by atoms with E-state index < -0.39 is 0 Å². The Bertz CT molecular complexity index is 214. The van der Waals surface area contributed by atoms with Gasteiger partial charge in [0, 0.05) is 37.4 Å². The fourth-order valence-electron chi connectivity index (χ4n) is 1.97. The smallest absolute Gasteiger partial charge is 0.0466 e. The molecule has 17 heavy (non-hydrogen) atoms. The lowest BCUT2D eigenvalue weighted by molar-refractivity contribution is 0.247. The van der Waals surface area contributed by atoms with Gasteiger partial charge in [0.1, 0.15) is 0 Å². The molecule has 0 aromatic rings. The van der Waals surface area contributed by atoms with Crippen molar-refractivity contribution in [2.24, 2.45) is 0 Å². The maximum atomic E-state index is 4.02. The Morgan fingerprint density at radius 2 is 2.00 bits per heavy atom. The molecule has 0 aliphatic carbocycles. The highest BCUT2D eigenvalue weighted by molar-refractivity contribution is 5.06. The van der Waals surface area contributed by atoms with Crippen LogP contribution in [0.4, 0.5) is 0 Å². The van der Waals surface area contributed by atoms with Crippen LogP contribution in [0.2, 0.25) is 0 Å². The van der Waals surface area contributed by atoms with Gasteiger partial charge < -0.3 is 15.5 Å². The summed E-state index contributed by atoms with van der Waals surface area (Å²) in [6.07, 6.45) is 2.46. The highest BCUT2D eigenvalue weighted by Gasteiger charge is 2.26. The molecule has 2 N–H and O–H groups in total. The minimum absolute atomic E-state index is 0.459. The second-order valence-electron chi connectivity index (χ2n) is 4.80. The van der Waals surface area contributed by atoms with Crippen LogP contribution < -0.4 is 10.6 Å². The molecule has 0 aromatic heterocycles. The van der Waals surface area contributed by atoms with E-state index in [0.29, 0.717) is 18.1 Å². The number of hydrogen-bond acceptors (Lipinski definition) is 3. The maximum Gasteiger partial charge on any atom is 0.0466 e. The van der Waals surface area contributed by atoms with Gasteiger partial charge in [0.25, 0.3) is 0 Å². The van der Waals surface area contributed by atoms with Gasteiger partial charge in [0.15, 0.2) is 0 Å². The van der Waals surface area contributed by atoms with E-state index in [2.05, 4.69) is 43.0 Å². The largest absolute Gasteiger partial charge is 0.391 e. The second-order valence-corrected chi connectivity index (χ2v) is 4.80. The summed E-state index contributed by atoms with van der Waals surface area (Å²) in [6.45, 7) is 13.6. The molecule has 0 bridgehead atoms. The average molecular weight is 241 g/mol. The Morgan fingerprint density at radius 1 is 1.41 bits per heavy atom. The van der Waals surface area contributed by atoms with Gasteiger partial charge in [0.05, 0.1) is 0 Å². The first kappa shape index (κ1) is 16.5. The molecule has 1 rings (SSSR count). The van der Waals surface area contributed by atoms with E-state index in [1.54, 1.807) is 0 Å². The standard InChI is InChI=1S/C12H25N3.C2H6/c1-9(2)15(5)8-11-6-7-12(14-11)10(3)13-4;1-2/h9,11-14H,3,6-8H2,1-2,4-5H3;1-2H3. The van der Waals surface area contributed by atoms with Gasteiger partial charge in [-0.1, -0.05) is 20.4 Å². The van der Waals surface area contributed by atoms with Crippen molar-refractivity contribution in [3.8, 4) is 0 Å². The number of rotatable bonds is 5. The molecule has 0 aromatic carbocycles. The third kappa shape index (κ3) is 5.55. The normalized spacial score (nSPS) is 23.5. The van der Waals surface area contributed by atoms with Crippen molar-refractivity contribution in [3.63, 3.8) is 0 Å². The lowest BCUT2D eigenvalue weighted by Gasteiger charge is -2.25. The Labute approximate surface area is 108 Å². The van der Waals surface area contributed by atoms with Crippen LogP contribution in [-0.2, 0) is 0 Å².